The normalized spacial score (nSPS) is 10.5. The molecule has 2 rings (SSSR count). The van der Waals surface area contributed by atoms with Gasteiger partial charge in [-0.2, -0.15) is 0 Å². The van der Waals surface area contributed by atoms with Crippen LogP contribution in [0.25, 0.3) is 0 Å². The number of ether oxygens (including phenoxy) is 1. The Morgan fingerprint density at radius 3 is 2.46 bits per heavy atom. The van der Waals surface area contributed by atoms with Gasteiger partial charge >= 0.3 is 0 Å². The van der Waals surface area contributed by atoms with Crippen molar-refractivity contribution in [1.82, 2.24) is 10.2 Å². The molecule has 0 aliphatic rings. The van der Waals surface area contributed by atoms with E-state index in [1.54, 1.807) is 29.2 Å². The minimum absolute atomic E-state index is 0.0782. The highest BCUT2D eigenvalue weighted by atomic mass is 16.5. The molecule has 138 valence electrons. The molecule has 0 bridgehead atoms. The SMILES string of the molecule is CCOc1ccc(C(=O)NCc2cccc(NC(=O)CN(C)C)c2)cc1. The minimum Gasteiger partial charge on any atom is -0.494 e. The van der Waals surface area contributed by atoms with E-state index in [-0.39, 0.29) is 11.8 Å². The first-order chi connectivity index (χ1) is 12.5. The van der Waals surface area contributed by atoms with Crippen molar-refractivity contribution in [3.63, 3.8) is 0 Å². The number of nitrogens with zero attached hydrogens (tertiary/aromatic N) is 1. The molecule has 0 aliphatic carbocycles. The van der Waals surface area contributed by atoms with E-state index in [0.717, 1.165) is 11.3 Å². The Morgan fingerprint density at radius 2 is 1.81 bits per heavy atom. The molecule has 0 radical (unpaired) electrons. The monoisotopic (exact) mass is 355 g/mol. The predicted molar refractivity (Wildman–Crippen MR) is 102 cm³/mol. The summed E-state index contributed by atoms with van der Waals surface area (Å²) in [5, 5.41) is 5.72. The Hall–Kier alpha value is -2.86. The van der Waals surface area contributed by atoms with Gasteiger partial charge in [0.15, 0.2) is 0 Å². The molecular weight excluding hydrogens is 330 g/mol. The number of carbonyl (C=O) groups excluding carboxylic acids is 2. The van der Waals surface area contributed by atoms with Gasteiger partial charge in [0.1, 0.15) is 5.75 Å². The molecule has 0 unspecified atom stereocenters. The van der Waals surface area contributed by atoms with Crippen LogP contribution in [0.3, 0.4) is 0 Å². The molecule has 2 amide bonds. The fourth-order valence-electron chi connectivity index (χ4n) is 2.40. The van der Waals surface area contributed by atoms with E-state index in [0.29, 0.717) is 30.9 Å². The van der Waals surface area contributed by atoms with Crippen LogP contribution in [0.1, 0.15) is 22.8 Å². The first-order valence-electron chi connectivity index (χ1n) is 8.52. The quantitative estimate of drug-likeness (QED) is 0.763. The summed E-state index contributed by atoms with van der Waals surface area (Å²) in [6.45, 7) is 3.20. The highest BCUT2D eigenvalue weighted by Gasteiger charge is 2.07. The van der Waals surface area contributed by atoms with E-state index in [9.17, 15) is 9.59 Å². The third-order valence-electron chi connectivity index (χ3n) is 3.55. The van der Waals surface area contributed by atoms with Gasteiger partial charge < -0.3 is 20.3 Å². The highest BCUT2D eigenvalue weighted by Crippen LogP contribution is 2.13. The lowest BCUT2D eigenvalue weighted by Gasteiger charge is -2.11. The summed E-state index contributed by atoms with van der Waals surface area (Å²) >= 11 is 0. The van der Waals surface area contributed by atoms with Crippen molar-refractivity contribution in [3.05, 3.63) is 59.7 Å². The molecule has 6 heteroatoms. The van der Waals surface area contributed by atoms with Crippen LogP contribution >= 0.6 is 0 Å². The third-order valence-corrected chi connectivity index (χ3v) is 3.55. The van der Waals surface area contributed by atoms with Crippen LogP contribution in [0.2, 0.25) is 0 Å². The van der Waals surface area contributed by atoms with Gasteiger partial charge in [0.05, 0.1) is 13.2 Å². The van der Waals surface area contributed by atoms with Crippen molar-refractivity contribution >= 4 is 17.5 Å². The number of nitrogens with one attached hydrogen (secondary N) is 2. The largest absolute Gasteiger partial charge is 0.494 e. The maximum Gasteiger partial charge on any atom is 0.251 e. The van der Waals surface area contributed by atoms with E-state index in [2.05, 4.69) is 10.6 Å². The molecule has 26 heavy (non-hydrogen) atoms. The van der Waals surface area contributed by atoms with Crippen LogP contribution in [0, 0.1) is 0 Å². The lowest BCUT2D eigenvalue weighted by atomic mass is 10.1. The minimum atomic E-state index is -0.157. The molecule has 2 N–H and O–H groups in total. The summed E-state index contributed by atoms with van der Waals surface area (Å²) in [5.41, 5.74) is 2.19. The average Bonchev–Trinajstić information content (AvgIpc) is 2.60. The van der Waals surface area contributed by atoms with Gasteiger partial charge in [-0.15, -0.1) is 0 Å². The summed E-state index contributed by atoms with van der Waals surface area (Å²) in [4.78, 5) is 25.9. The number of carbonyl (C=O) groups is 2. The van der Waals surface area contributed by atoms with Crippen LogP contribution in [0.5, 0.6) is 5.75 Å². The Bertz CT molecular complexity index is 742. The number of benzene rings is 2. The van der Waals surface area contributed by atoms with Gasteiger partial charge in [-0.25, -0.2) is 0 Å². The van der Waals surface area contributed by atoms with Gasteiger partial charge in [0.2, 0.25) is 5.91 Å². The molecule has 0 aromatic heterocycles. The first-order valence-corrected chi connectivity index (χ1v) is 8.52. The topological polar surface area (TPSA) is 70.7 Å². The summed E-state index contributed by atoms with van der Waals surface area (Å²) < 4.78 is 5.37. The molecule has 0 saturated heterocycles. The van der Waals surface area contributed by atoms with E-state index in [1.165, 1.54) is 0 Å². The first kappa shape index (κ1) is 19.5. The smallest absolute Gasteiger partial charge is 0.251 e. The summed E-state index contributed by atoms with van der Waals surface area (Å²) in [5.74, 6) is 0.505. The second-order valence-corrected chi connectivity index (χ2v) is 6.13. The van der Waals surface area contributed by atoms with Crippen LogP contribution in [0.4, 0.5) is 5.69 Å². The molecule has 0 spiro atoms. The van der Waals surface area contributed by atoms with E-state index in [1.807, 2.05) is 45.3 Å². The van der Waals surface area contributed by atoms with Gasteiger partial charge in [0, 0.05) is 17.8 Å². The molecule has 0 fully saturated rings. The lowest BCUT2D eigenvalue weighted by Crippen LogP contribution is -2.27. The number of hydrogen-bond acceptors (Lipinski definition) is 4. The summed E-state index contributed by atoms with van der Waals surface area (Å²) in [6, 6.07) is 14.5. The number of rotatable bonds is 8. The van der Waals surface area contributed by atoms with Crippen LogP contribution < -0.4 is 15.4 Å². The van der Waals surface area contributed by atoms with E-state index in [4.69, 9.17) is 4.74 Å². The molecule has 0 atom stereocenters. The second kappa shape index (κ2) is 9.58. The van der Waals surface area contributed by atoms with Gasteiger partial charge in [-0.3, -0.25) is 9.59 Å². The summed E-state index contributed by atoms with van der Waals surface area (Å²) in [7, 11) is 3.68. The maximum absolute atomic E-state index is 12.2. The maximum atomic E-state index is 12.2. The Morgan fingerprint density at radius 1 is 1.08 bits per heavy atom. The predicted octanol–water partition coefficient (Wildman–Crippen LogP) is 2.52. The van der Waals surface area contributed by atoms with Crippen LogP contribution in [-0.4, -0.2) is 44.0 Å². The summed E-state index contributed by atoms with van der Waals surface area (Å²) in [6.07, 6.45) is 0. The molecule has 0 aliphatic heterocycles. The van der Waals surface area contributed by atoms with Gasteiger partial charge in [-0.1, -0.05) is 12.1 Å². The zero-order valence-corrected chi connectivity index (χ0v) is 15.4. The number of likely N-dealkylation sites (N-methyl/N-ethyl adjacent to an activating group) is 1. The van der Waals surface area contributed by atoms with Crippen LogP contribution in [0.15, 0.2) is 48.5 Å². The molecule has 2 aromatic carbocycles. The van der Waals surface area contributed by atoms with Crippen molar-refractivity contribution in [3.8, 4) is 5.75 Å². The molecule has 0 heterocycles. The Balaban J connectivity index is 1.91. The van der Waals surface area contributed by atoms with Crippen LogP contribution in [-0.2, 0) is 11.3 Å². The molecule has 2 aromatic rings. The molecule has 0 saturated carbocycles. The number of hydrogen-bond donors (Lipinski definition) is 2. The van der Waals surface area contributed by atoms with Crippen molar-refractivity contribution in [2.75, 3.05) is 32.6 Å². The van der Waals surface area contributed by atoms with Crippen molar-refractivity contribution in [1.29, 1.82) is 0 Å². The van der Waals surface area contributed by atoms with Gasteiger partial charge in [0.25, 0.3) is 5.91 Å². The van der Waals surface area contributed by atoms with E-state index < -0.39 is 0 Å². The van der Waals surface area contributed by atoms with Crippen molar-refractivity contribution in [2.45, 2.75) is 13.5 Å². The zero-order chi connectivity index (χ0) is 18.9. The zero-order valence-electron chi connectivity index (χ0n) is 15.4. The Labute approximate surface area is 154 Å². The van der Waals surface area contributed by atoms with Crippen molar-refractivity contribution < 1.29 is 14.3 Å². The fraction of sp³-hybridized carbons (Fsp3) is 0.300. The molecular formula is C20H25N3O3. The van der Waals surface area contributed by atoms with E-state index >= 15 is 0 Å². The number of amides is 2. The van der Waals surface area contributed by atoms with Crippen molar-refractivity contribution in [2.24, 2.45) is 0 Å². The lowest BCUT2D eigenvalue weighted by molar-refractivity contribution is -0.116. The standard InChI is InChI=1S/C20H25N3O3/c1-4-26-18-10-8-16(9-11-18)20(25)21-13-15-6-5-7-17(12-15)22-19(24)14-23(2)3/h5-12H,4,13-14H2,1-3H3,(H,21,25)(H,22,24). The Kier molecular flexibility index (Phi) is 7.17. The molecule has 6 nitrogen and oxygen atoms in total. The number of anilines is 1. The highest BCUT2D eigenvalue weighted by molar-refractivity contribution is 5.94. The third kappa shape index (κ3) is 6.22. The second-order valence-electron chi connectivity index (χ2n) is 6.13. The fourth-order valence-corrected chi connectivity index (χ4v) is 2.40. The van der Waals surface area contributed by atoms with Gasteiger partial charge in [-0.05, 0) is 63.0 Å². The average molecular weight is 355 g/mol.